The summed E-state index contributed by atoms with van der Waals surface area (Å²) in [4.78, 5) is 43.6. The molecule has 1 aromatic carbocycles. The molecule has 1 aliphatic carbocycles. The smallest absolute Gasteiger partial charge is 0.246 e. The van der Waals surface area contributed by atoms with Crippen molar-refractivity contribution >= 4 is 33.5 Å². The Morgan fingerprint density at radius 2 is 1.83 bits per heavy atom. The fraction of sp³-hybridized carbons (Fsp3) is 0.519. The Hall–Kier alpha value is -2.91. The number of nitrogens with zero attached hydrogens (tertiary/aromatic N) is 4. The zero-order valence-corrected chi connectivity index (χ0v) is 21.8. The minimum absolute atomic E-state index is 0.0228. The van der Waals surface area contributed by atoms with Gasteiger partial charge in [0.1, 0.15) is 33.4 Å². The molecule has 190 valence electrons. The van der Waals surface area contributed by atoms with Gasteiger partial charge in [-0.1, -0.05) is 60.9 Å². The Bertz CT molecular complexity index is 1210. The van der Waals surface area contributed by atoms with Crippen molar-refractivity contribution in [2.24, 2.45) is 5.92 Å². The van der Waals surface area contributed by atoms with E-state index in [9.17, 15) is 9.59 Å². The van der Waals surface area contributed by atoms with Crippen LogP contribution in [-0.4, -0.2) is 57.3 Å². The number of carbonyl (C=O) groups is 2. The van der Waals surface area contributed by atoms with Gasteiger partial charge in [-0.3, -0.25) is 9.59 Å². The fourth-order valence-corrected chi connectivity index (χ4v) is 6.50. The molecule has 3 heterocycles. The highest BCUT2D eigenvalue weighted by molar-refractivity contribution is 7.18. The molecule has 1 saturated heterocycles. The van der Waals surface area contributed by atoms with Crippen molar-refractivity contribution < 1.29 is 9.59 Å². The summed E-state index contributed by atoms with van der Waals surface area (Å²) < 4.78 is 0. The number of nitrogens with one attached hydrogen (secondary N) is 2. The number of hydrogen-bond donors (Lipinski definition) is 2. The van der Waals surface area contributed by atoms with E-state index in [0.717, 1.165) is 65.1 Å². The van der Waals surface area contributed by atoms with Gasteiger partial charge >= 0.3 is 0 Å². The molecule has 3 aromatic rings. The van der Waals surface area contributed by atoms with Crippen LogP contribution in [0.2, 0.25) is 0 Å². The zero-order valence-electron chi connectivity index (χ0n) is 20.9. The van der Waals surface area contributed by atoms with Crippen LogP contribution in [0, 0.1) is 5.92 Å². The Morgan fingerprint density at radius 3 is 2.58 bits per heavy atom. The molecule has 5 rings (SSSR count). The van der Waals surface area contributed by atoms with Crippen molar-refractivity contribution in [3.63, 3.8) is 0 Å². The number of benzene rings is 1. The summed E-state index contributed by atoms with van der Waals surface area (Å²) in [5, 5.41) is 7.00. The molecular formula is C27H34N6O2S. The van der Waals surface area contributed by atoms with E-state index in [-0.39, 0.29) is 29.8 Å². The number of aromatic nitrogens is 3. The first-order valence-corrected chi connectivity index (χ1v) is 13.8. The van der Waals surface area contributed by atoms with Gasteiger partial charge < -0.3 is 15.5 Å². The second kappa shape index (κ2) is 11.0. The van der Waals surface area contributed by atoms with E-state index in [0.29, 0.717) is 6.54 Å². The number of thiazole rings is 1. The second-order valence-corrected chi connectivity index (χ2v) is 10.9. The van der Waals surface area contributed by atoms with Crippen molar-refractivity contribution in [2.45, 2.75) is 70.0 Å². The maximum absolute atomic E-state index is 14.0. The minimum Gasteiger partial charge on any atom is -0.343 e. The van der Waals surface area contributed by atoms with Crippen LogP contribution in [0.4, 0.5) is 0 Å². The molecule has 0 radical (unpaired) electrons. The molecule has 3 atom stereocenters. The Balaban J connectivity index is 1.44. The Kier molecular flexibility index (Phi) is 7.57. The van der Waals surface area contributed by atoms with E-state index in [4.69, 9.17) is 4.98 Å². The maximum Gasteiger partial charge on any atom is 0.246 e. The largest absolute Gasteiger partial charge is 0.343 e. The summed E-state index contributed by atoms with van der Waals surface area (Å²) in [5.41, 5.74) is 2.59. The van der Waals surface area contributed by atoms with E-state index in [1.807, 2.05) is 42.2 Å². The highest BCUT2D eigenvalue weighted by atomic mass is 32.1. The monoisotopic (exact) mass is 506 g/mol. The number of likely N-dealkylation sites (tertiary alicyclic amines) is 1. The third-order valence-corrected chi connectivity index (χ3v) is 8.66. The van der Waals surface area contributed by atoms with Crippen LogP contribution in [0.3, 0.4) is 0 Å². The van der Waals surface area contributed by atoms with Gasteiger partial charge in [0, 0.05) is 12.1 Å². The van der Waals surface area contributed by atoms with Crippen LogP contribution in [0.25, 0.3) is 21.6 Å². The van der Waals surface area contributed by atoms with Crippen LogP contribution in [0.15, 0.2) is 36.7 Å². The second-order valence-electron chi connectivity index (χ2n) is 9.88. The van der Waals surface area contributed by atoms with Crippen LogP contribution in [-0.2, 0) is 9.59 Å². The summed E-state index contributed by atoms with van der Waals surface area (Å²) in [6.45, 7) is 2.50. The van der Waals surface area contributed by atoms with Crippen molar-refractivity contribution in [1.82, 2.24) is 30.5 Å². The Morgan fingerprint density at radius 1 is 1.06 bits per heavy atom. The fourth-order valence-electron chi connectivity index (χ4n) is 5.44. The number of carbonyl (C=O) groups excluding carboxylic acids is 2. The first-order chi connectivity index (χ1) is 17.6. The molecule has 2 fully saturated rings. The highest BCUT2D eigenvalue weighted by Crippen LogP contribution is 2.39. The number of hydrogen-bond acceptors (Lipinski definition) is 7. The lowest BCUT2D eigenvalue weighted by Gasteiger charge is -2.35. The number of rotatable bonds is 7. The lowest BCUT2D eigenvalue weighted by atomic mass is 9.83. The van der Waals surface area contributed by atoms with Gasteiger partial charge in [-0.2, -0.15) is 0 Å². The summed E-state index contributed by atoms with van der Waals surface area (Å²) in [7, 11) is 1.76. The van der Waals surface area contributed by atoms with Crippen molar-refractivity contribution in [3.05, 3.63) is 41.7 Å². The number of amides is 2. The van der Waals surface area contributed by atoms with Gasteiger partial charge in [0.05, 0.1) is 12.1 Å². The van der Waals surface area contributed by atoms with E-state index in [1.165, 1.54) is 6.42 Å². The van der Waals surface area contributed by atoms with Gasteiger partial charge in [-0.05, 0) is 45.6 Å². The van der Waals surface area contributed by atoms with Gasteiger partial charge in [-0.25, -0.2) is 15.0 Å². The van der Waals surface area contributed by atoms with Gasteiger partial charge in [0.15, 0.2) is 0 Å². The van der Waals surface area contributed by atoms with Crippen LogP contribution >= 0.6 is 11.3 Å². The molecule has 1 saturated carbocycles. The van der Waals surface area contributed by atoms with E-state index < -0.39 is 6.04 Å². The maximum atomic E-state index is 14.0. The first-order valence-electron chi connectivity index (χ1n) is 13.0. The molecule has 1 aliphatic heterocycles. The molecule has 2 aromatic heterocycles. The summed E-state index contributed by atoms with van der Waals surface area (Å²) in [6.07, 6.45) is 8.71. The lowest BCUT2D eigenvalue weighted by Crippen LogP contribution is -2.55. The molecular weight excluding hydrogens is 472 g/mol. The quantitative estimate of drug-likeness (QED) is 0.501. The molecule has 2 aliphatic rings. The Labute approximate surface area is 215 Å². The van der Waals surface area contributed by atoms with Gasteiger partial charge in [-0.15, -0.1) is 0 Å². The normalized spacial score (nSPS) is 20.4. The molecule has 2 N–H and O–H groups in total. The van der Waals surface area contributed by atoms with Gasteiger partial charge in [0.2, 0.25) is 11.8 Å². The third kappa shape index (κ3) is 4.99. The molecule has 2 unspecified atom stereocenters. The predicted octanol–water partition coefficient (Wildman–Crippen LogP) is 4.09. The first kappa shape index (κ1) is 24.8. The lowest BCUT2D eigenvalue weighted by molar-refractivity contribution is -0.139. The van der Waals surface area contributed by atoms with E-state index in [2.05, 4.69) is 20.6 Å². The number of likely N-dealkylation sites (N-methyl/N-ethyl adjacent to an activating group) is 1. The van der Waals surface area contributed by atoms with E-state index in [1.54, 1.807) is 24.7 Å². The SMILES string of the molecule is CN[C@@H](C)C(=O)NC(C(=O)N1CCCC1c1nc2c(-c3ccccc3)ncnc2s1)C1CCCCC1. The van der Waals surface area contributed by atoms with Crippen LogP contribution in [0.1, 0.15) is 62.9 Å². The molecule has 2 amide bonds. The molecule has 0 bridgehead atoms. The molecule has 0 spiro atoms. The highest BCUT2D eigenvalue weighted by Gasteiger charge is 2.40. The van der Waals surface area contributed by atoms with E-state index >= 15 is 0 Å². The third-order valence-electron chi connectivity index (χ3n) is 7.59. The predicted molar refractivity (Wildman–Crippen MR) is 141 cm³/mol. The summed E-state index contributed by atoms with van der Waals surface area (Å²) in [5.74, 6) is 0.0704. The minimum atomic E-state index is -0.497. The van der Waals surface area contributed by atoms with Gasteiger partial charge in [0.25, 0.3) is 0 Å². The molecule has 8 nitrogen and oxygen atoms in total. The average molecular weight is 507 g/mol. The van der Waals surface area contributed by atoms with Crippen molar-refractivity contribution in [2.75, 3.05) is 13.6 Å². The zero-order chi connectivity index (χ0) is 25.1. The van der Waals surface area contributed by atoms with Crippen LogP contribution < -0.4 is 10.6 Å². The van der Waals surface area contributed by atoms with Crippen molar-refractivity contribution in [1.29, 1.82) is 0 Å². The summed E-state index contributed by atoms with van der Waals surface area (Å²) >= 11 is 1.54. The van der Waals surface area contributed by atoms with Crippen molar-refractivity contribution in [3.8, 4) is 11.3 Å². The standard InChI is InChI=1S/C27H34N6O2S/c1-17(28-2)24(34)31-22(19-12-7-4-8-13-19)27(35)33-15-9-14-20(33)25-32-23-21(18-10-5-3-6-11-18)29-16-30-26(23)36-25/h3,5-6,10-11,16-17,19-20,22,28H,4,7-9,12-15H2,1-2H3,(H,31,34)/t17-,20?,22?/m0/s1. The topological polar surface area (TPSA) is 100 Å². The number of fused-ring (bicyclic) bond motifs is 1. The molecule has 9 heteroatoms. The molecule has 36 heavy (non-hydrogen) atoms. The van der Waals surface area contributed by atoms with Crippen LogP contribution in [0.5, 0.6) is 0 Å². The average Bonchev–Trinajstić information content (AvgIpc) is 3.59. The summed E-state index contributed by atoms with van der Waals surface area (Å²) in [6, 6.07) is 9.05.